The number of rotatable bonds is 16. The fraction of sp³-hybridized carbons (Fsp3) is 0.522. The van der Waals surface area contributed by atoms with Gasteiger partial charge in [0.15, 0.2) is 0 Å². The Bertz CT molecular complexity index is 2180. The van der Waals surface area contributed by atoms with Gasteiger partial charge in [0.1, 0.15) is 23.7 Å². The molecule has 14 heteroatoms. The number of nitrogens with zero attached hydrogens (tertiary/aromatic N) is 3. The minimum absolute atomic E-state index is 0.0153. The molecule has 4 aromatic rings. The second kappa shape index (κ2) is 18.7. The van der Waals surface area contributed by atoms with E-state index >= 15 is 0 Å². The SMILES string of the molecule is CC[C@H](C)C(NC(=O)OC)C(=O)NCCCCc1ncc(-c2ccc3c(c2)C2CCC3c3cc(-c4cnc([C@@H]5CCCN5C(=O)[C@@H](NC(=O)OC)[C@@H](C)CC)[nH]4)ccc32)[nH]1. The molecule has 2 aromatic carbocycles. The fourth-order valence-electron chi connectivity index (χ4n) is 9.29. The lowest BCUT2D eigenvalue weighted by Crippen LogP contribution is -2.51. The zero-order valence-corrected chi connectivity index (χ0v) is 35.7. The highest BCUT2D eigenvalue weighted by Crippen LogP contribution is 2.54. The van der Waals surface area contributed by atoms with Gasteiger partial charge in [0.05, 0.1) is 44.0 Å². The molecular formula is C46H60N8O6. The Morgan fingerprint density at radius 1 is 0.767 bits per heavy atom. The summed E-state index contributed by atoms with van der Waals surface area (Å²) in [6.45, 7) is 9.04. The first kappa shape index (κ1) is 42.5. The number of amides is 4. The first-order valence-electron chi connectivity index (χ1n) is 21.7. The van der Waals surface area contributed by atoms with E-state index in [0.717, 1.165) is 92.0 Å². The number of benzene rings is 2. The van der Waals surface area contributed by atoms with Crippen molar-refractivity contribution in [2.24, 2.45) is 11.8 Å². The average Bonchev–Trinajstić information content (AvgIpc) is 4.08. The number of carbonyl (C=O) groups excluding carboxylic acids is 4. The lowest BCUT2D eigenvalue weighted by molar-refractivity contribution is -0.135. The monoisotopic (exact) mass is 820 g/mol. The zero-order chi connectivity index (χ0) is 42.5. The maximum Gasteiger partial charge on any atom is 0.407 e. The van der Waals surface area contributed by atoms with Gasteiger partial charge < -0.3 is 40.3 Å². The second-order valence-electron chi connectivity index (χ2n) is 16.7. The van der Waals surface area contributed by atoms with Gasteiger partial charge in [-0.15, -0.1) is 0 Å². The number of nitrogens with one attached hydrogen (secondary N) is 5. The average molecular weight is 821 g/mol. The standard InChI is InChI=1S/C46H60N8O6/c1-7-26(3)40(52-45(57)59-5)43(55)47-20-10-9-13-39-48-24-36(50-39)28-14-16-30-33-19-18-32(34(30)22-28)31-17-15-29(23-35(31)33)37-25-49-42(51-37)38-12-11-21-54(38)44(56)41(27(4)8-2)53-46(58)60-6/h14-17,22-27,32-33,38,40-41H,7-13,18-21H2,1-6H3,(H,47,55)(H,48,50)(H,49,51)(H,52,57)(H,53,58)/t26-,27-,32?,33?,38-,40?,41-/m0/s1. The first-order chi connectivity index (χ1) is 29.0. The Morgan fingerprint density at radius 3 is 1.97 bits per heavy atom. The molecule has 1 saturated heterocycles. The van der Waals surface area contributed by atoms with Gasteiger partial charge in [0, 0.05) is 31.3 Å². The molecule has 3 heterocycles. The van der Waals surface area contributed by atoms with Crippen molar-refractivity contribution in [1.82, 2.24) is 40.8 Å². The van der Waals surface area contributed by atoms with Crippen molar-refractivity contribution in [2.45, 2.75) is 115 Å². The molecule has 0 spiro atoms. The van der Waals surface area contributed by atoms with Crippen molar-refractivity contribution in [3.63, 3.8) is 0 Å². The minimum atomic E-state index is -0.664. The van der Waals surface area contributed by atoms with Crippen LogP contribution in [0.2, 0.25) is 0 Å². The first-order valence-corrected chi connectivity index (χ1v) is 21.7. The summed E-state index contributed by atoms with van der Waals surface area (Å²) in [5, 5.41) is 8.40. The third kappa shape index (κ3) is 8.78. The second-order valence-corrected chi connectivity index (χ2v) is 16.7. The van der Waals surface area contributed by atoms with Crippen LogP contribution in [-0.2, 0) is 25.5 Å². The number of carbonyl (C=O) groups is 4. The molecule has 3 unspecified atom stereocenters. The van der Waals surface area contributed by atoms with Crippen LogP contribution in [0, 0.1) is 11.8 Å². The highest BCUT2D eigenvalue weighted by molar-refractivity contribution is 5.87. The molecule has 5 N–H and O–H groups in total. The van der Waals surface area contributed by atoms with Crippen LogP contribution in [0.1, 0.15) is 131 Å². The topological polar surface area (TPSA) is 183 Å². The third-order valence-electron chi connectivity index (χ3n) is 13.1. The molecule has 4 amide bonds. The number of alkyl carbamates (subject to hydrolysis) is 2. The van der Waals surface area contributed by atoms with Crippen molar-refractivity contribution < 1.29 is 28.7 Å². The van der Waals surface area contributed by atoms with Crippen molar-refractivity contribution in [3.05, 3.63) is 82.7 Å². The predicted molar refractivity (Wildman–Crippen MR) is 228 cm³/mol. The predicted octanol–water partition coefficient (Wildman–Crippen LogP) is 7.48. The van der Waals surface area contributed by atoms with Crippen LogP contribution in [0.5, 0.6) is 0 Å². The summed E-state index contributed by atoms with van der Waals surface area (Å²) in [5.41, 5.74) is 9.67. The molecule has 0 radical (unpaired) electrons. The maximum atomic E-state index is 13.8. The third-order valence-corrected chi connectivity index (χ3v) is 13.1. The van der Waals surface area contributed by atoms with Gasteiger partial charge in [-0.25, -0.2) is 19.6 Å². The summed E-state index contributed by atoms with van der Waals surface area (Å²) in [5.74, 6) is 1.95. The van der Waals surface area contributed by atoms with E-state index in [4.69, 9.17) is 14.5 Å². The summed E-state index contributed by atoms with van der Waals surface area (Å²) < 4.78 is 9.54. The van der Waals surface area contributed by atoms with Crippen LogP contribution in [0.3, 0.4) is 0 Å². The highest BCUT2D eigenvalue weighted by Gasteiger charge is 2.40. The molecule has 60 heavy (non-hydrogen) atoms. The van der Waals surface area contributed by atoms with Crippen molar-refractivity contribution in [1.29, 1.82) is 0 Å². The van der Waals surface area contributed by atoms with Gasteiger partial charge in [-0.2, -0.15) is 0 Å². The van der Waals surface area contributed by atoms with Crippen LogP contribution < -0.4 is 16.0 Å². The molecule has 8 rings (SSSR count). The molecular weight excluding hydrogens is 761 g/mol. The molecule has 320 valence electrons. The van der Waals surface area contributed by atoms with Gasteiger partial charge >= 0.3 is 12.2 Å². The highest BCUT2D eigenvalue weighted by atomic mass is 16.5. The summed E-state index contributed by atoms with van der Waals surface area (Å²) in [6.07, 6.45) is 10.4. The molecule has 2 bridgehead atoms. The molecule has 1 fully saturated rings. The zero-order valence-electron chi connectivity index (χ0n) is 35.7. The smallest absolute Gasteiger partial charge is 0.407 e. The molecule has 4 aliphatic rings. The molecule has 3 aliphatic carbocycles. The van der Waals surface area contributed by atoms with Crippen LogP contribution in [0.15, 0.2) is 48.8 Å². The number of ether oxygens (including phenoxy) is 2. The van der Waals surface area contributed by atoms with Crippen molar-refractivity contribution in [2.75, 3.05) is 27.3 Å². The van der Waals surface area contributed by atoms with Crippen molar-refractivity contribution >= 4 is 24.0 Å². The van der Waals surface area contributed by atoms with Gasteiger partial charge in [0.2, 0.25) is 11.8 Å². The van der Waals surface area contributed by atoms with Gasteiger partial charge in [-0.1, -0.05) is 64.8 Å². The normalized spacial score (nSPS) is 19.7. The van der Waals surface area contributed by atoms with Crippen LogP contribution in [0.25, 0.3) is 22.5 Å². The fourth-order valence-corrected chi connectivity index (χ4v) is 9.29. The number of hydrogen-bond donors (Lipinski definition) is 5. The number of fused-ring (bicyclic) bond motifs is 1. The summed E-state index contributed by atoms with van der Waals surface area (Å²) >= 11 is 0. The van der Waals surface area contributed by atoms with Gasteiger partial charge in [-0.3, -0.25) is 9.59 Å². The Hall–Kier alpha value is -5.66. The Morgan fingerprint density at radius 2 is 1.35 bits per heavy atom. The van der Waals surface area contributed by atoms with Crippen molar-refractivity contribution in [3.8, 4) is 22.5 Å². The number of unbranched alkanes of at least 4 members (excludes halogenated alkanes) is 1. The minimum Gasteiger partial charge on any atom is -0.453 e. The van der Waals surface area contributed by atoms with E-state index in [1.165, 1.54) is 36.5 Å². The number of H-pyrrole nitrogens is 2. The summed E-state index contributed by atoms with van der Waals surface area (Å²) in [7, 11) is 2.61. The molecule has 1 aliphatic heterocycles. The number of aromatic amines is 2. The Balaban J connectivity index is 0.982. The molecule has 7 atom stereocenters. The van der Waals surface area contributed by atoms with Crippen LogP contribution in [0.4, 0.5) is 9.59 Å². The van der Waals surface area contributed by atoms with Gasteiger partial charge in [-0.05, 0) is 95.9 Å². The van der Waals surface area contributed by atoms with E-state index in [1.54, 1.807) is 0 Å². The van der Waals surface area contributed by atoms with Crippen LogP contribution >= 0.6 is 0 Å². The largest absolute Gasteiger partial charge is 0.453 e. The van der Waals surface area contributed by atoms with Crippen LogP contribution in [-0.4, -0.2) is 88.2 Å². The number of methoxy groups -OCH3 is 2. The Kier molecular flexibility index (Phi) is 13.3. The van der Waals surface area contributed by atoms with E-state index in [-0.39, 0.29) is 29.7 Å². The summed E-state index contributed by atoms with van der Waals surface area (Å²) in [6, 6.07) is 12.2. The van der Waals surface area contributed by atoms with E-state index < -0.39 is 24.3 Å². The van der Waals surface area contributed by atoms with E-state index in [1.807, 2.05) is 45.0 Å². The quantitative estimate of drug-likeness (QED) is 0.0721. The van der Waals surface area contributed by atoms with E-state index in [2.05, 4.69) is 67.3 Å². The van der Waals surface area contributed by atoms with Gasteiger partial charge in [0.25, 0.3) is 0 Å². The number of aromatic nitrogens is 4. The number of likely N-dealkylation sites (tertiary alicyclic amines) is 1. The maximum absolute atomic E-state index is 13.8. The number of aryl methyl sites for hydroxylation is 1. The molecule has 2 aromatic heterocycles. The number of imidazole rings is 2. The Labute approximate surface area is 352 Å². The van der Waals surface area contributed by atoms with E-state index in [0.29, 0.717) is 24.9 Å². The molecule has 14 nitrogen and oxygen atoms in total. The number of hydrogen-bond acceptors (Lipinski definition) is 8. The lowest BCUT2D eigenvalue weighted by Gasteiger charge is -2.40. The lowest BCUT2D eigenvalue weighted by atomic mass is 9.63. The summed E-state index contributed by atoms with van der Waals surface area (Å²) in [4.78, 5) is 69.0. The molecule has 0 saturated carbocycles. The van der Waals surface area contributed by atoms with E-state index in [9.17, 15) is 19.2 Å².